The van der Waals surface area contributed by atoms with Crippen LogP contribution in [-0.2, 0) is 19.6 Å². The van der Waals surface area contributed by atoms with E-state index in [4.69, 9.17) is 4.42 Å². The van der Waals surface area contributed by atoms with Gasteiger partial charge in [-0.15, -0.1) is 0 Å². The van der Waals surface area contributed by atoms with E-state index < -0.39 is 33.7 Å². The Bertz CT molecular complexity index is 1170. The molecule has 10 heteroatoms. The normalized spacial score (nSPS) is 24.2. The topological polar surface area (TPSA) is 109 Å². The number of nitrogens with zero attached hydrogens (tertiary/aromatic N) is 1. The summed E-state index contributed by atoms with van der Waals surface area (Å²) in [5.74, 6) is 1.61. The second-order valence-corrected chi connectivity index (χ2v) is 12.2. The highest BCUT2D eigenvalue weighted by Gasteiger charge is 2.51. The van der Waals surface area contributed by atoms with Gasteiger partial charge in [0.25, 0.3) is 0 Å². The maximum absolute atomic E-state index is 12.7. The smallest absolute Gasteiger partial charge is 0.242 e. The van der Waals surface area contributed by atoms with E-state index in [1.807, 2.05) is 30.8 Å². The van der Waals surface area contributed by atoms with Crippen molar-refractivity contribution in [2.24, 2.45) is 0 Å². The van der Waals surface area contributed by atoms with Crippen LogP contribution in [-0.4, -0.2) is 61.5 Å². The number of ketones is 2. The molecule has 1 saturated carbocycles. The van der Waals surface area contributed by atoms with Crippen molar-refractivity contribution in [2.45, 2.75) is 55.0 Å². The number of sulfonamides is 1. The summed E-state index contributed by atoms with van der Waals surface area (Å²) in [6, 6.07) is 7.00. The highest BCUT2D eigenvalue weighted by molar-refractivity contribution is 8.00. The van der Waals surface area contributed by atoms with Gasteiger partial charge in [-0.25, -0.2) is 12.7 Å². The first-order valence-corrected chi connectivity index (χ1v) is 13.4. The Balaban J connectivity index is 1.59. The lowest BCUT2D eigenvalue weighted by Crippen LogP contribution is -2.68. The monoisotopic (exact) mass is 491 g/mol. The zero-order valence-electron chi connectivity index (χ0n) is 19.1. The van der Waals surface area contributed by atoms with E-state index in [0.717, 1.165) is 34.4 Å². The molecular formula is C23H29N3O5S2. The standard InChI is InChI=1S/C23H29N3O5S2/c1-13-10-11-16(31-13)19(17-8-6-12-32-17)25-21-20(22(27)23(21)28)24-15-7-5-9-18(14(15)2)33(29,30)26(3)4/h5,7,9-11,17,19-21,24-25H,6,8,12H2,1-4H3. The Morgan fingerprint density at radius 1 is 1.09 bits per heavy atom. The number of Topliss-reactive ketones (excluding diaryl/α,β-unsaturated/α-hetero) is 2. The Labute approximate surface area is 198 Å². The Morgan fingerprint density at radius 2 is 1.82 bits per heavy atom. The number of hydrogen-bond donors (Lipinski definition) is 2. The third-order valence-electron chi connectivity index (χ3n) is 6.26. The molecule has 2 N–H and O–H groups in total. The molecule has 33 heavy (non-hydrogen) atoms. The number of aryl methyl sites for hydroxylation is 1. The van der Waals surface area contributed by atoms with Crippen LogP contribution in [0.4, 0.5) is 5.69 Å². The second-order valence-electron chi connectivity index (χ2n) is 8.69. The van der Waals surface area contributed by atoms with Gasteiger partial charge in [0.05, 0.1) is 10.9 Å². The Hall–Kier alpha value is -2.14. The van der Waals surface area contributed by atoms with Crippen LogP contribution in [0.2, 0.25) is 0 Å². The van der Waals surface area contributed by atoms with Gasteiger partial charge in [-0.3, -0.25) is 14.9 Å². The third-order valence-corrected chi connectivity index (χ3v) is 9.68. The largest absolute Gasteiger partial charge is 0.465 e. The number of carbonyl (C=O) groups is 2. The molecule has 2 aromatic rings. The Kier molecular flexibility index (Phi) is 6.73. The molecule has 0 amide bonds. The molecule has 0 radical (unpaired) electrons. The fourth-order valence-corrected chi connectivity index (χ4v) is 6.82. The highest BCUT2D eigenvalue weighted by atomic mass is 32.2. The SMILES string of the molecule is Cc1ccc(C(NC2C(=O)C(=O)C2Nc2cccc(S(=O)(=O)N(C)C)c2C)C2CCCS2)o1. The number of anilines is 1. The molecule has 4 rings (SSSR count). The fraction of sp³-hybridized carbons (Fsp3) is 0.478. The number of rotatable bonds is 8. The summed E-state index contributed by atoms with van der Waals surface area (Å²) < 4.78 is 32.3. The molecule has 2 aliphatic rings. The van der Waals surface area contributed by atoms with Crippen molar-refractivity contribution in [3.63, 3.8) is 0 Å². The predicted molar refractivity (Wildman–Crippen MR) is 128 cm³/mol. The van der Waals surface area contributed by atoms with E-state index in [-0.39, 0.29) is 16.2 Å². The first-order chi connectivity index (χ1) is 15.6. The summed E-state index contributed by atoms with van der Waals surface area (Å²) in [5.41, 5.74) is 1.01. The number of carbonyl (C=O) groups excluding carboxylic acids is 2. The fourth-order valence-electron chi connectivity index (χ4n) is 4.30. The van der Waals surface area contributed by atoms with Crippen LogP contribution in [0.3, 0.4) is 0 Å². The lowest BCUT2D eigenvalue weighted by molar-refractivity contribution is -0.145. The maximum atomic E-state index is 12.7. The zero-order valence-corrected chi connectivity index (χ0v) is 20.8. The number of furan rings is 1. The molecule has 2 fully saturated rings. The first-order valence-electron chi connectivity index (χ1n) is 10.9. The first kappa shape index (κ1) is 24.0. The molecule has 8 nitrogen and oxygen atoms in total. The molecule has 0 bridgehead atoms. The van der Waals surface area contributed by atoms with Crippen LogP contribution in [0.1, 0.15) is 36.0 Å². The van der Waals surface area contributed by atoms with Crippen LogP contribution in [0.15, 0.2) is 39.6 Å². The molecule has 178 valence electrons. The van der Waals surface area contributed by atoms with Gasteiger partial charge in [0.1, 0.15) is 23.6 Å². The van der Waals surface area contributed by atoms with Crippen LogP contribution in [0, 0.1) is 13.8 Å². The maximum Gasteiger partial charge on any atom is 0.242 e. The van der Waals surface area contributed by atoms with E-state index >= 15 is 0 Å². The summed E-state index contributed by atoms with van der Waals surface area (Å²) in [6.45, 7) is 3.57. The van der Waals surface area contributed by atoms with Crippen molar-refractivity contribution in [1.29, 1.82) is 0 Å². The van der Waals surface area contributed by atoms with Gasteiger partial charge in [0.2, 0.25) is 21.6 Å². The number of thioether (sulfide) groups is 1. The van der Waals surface area contributed by atoms with E-state index in [1.54, 1.807) is 19.1 Å². The Morgan fingerprint density at radius 3 is 2.42 bits per heavy atom. The molecule has 4 atom stereocenters. The van der Waals surface area contributed by atoms with Gasteiger partial charge in [0, 0.05) is 25.0 Å². The molecule has 1 aromatic heterocycles. The van der Waals surface area contributed by atoms with E-state index in [9.17, 15) is 18.0 Å². The van der Waals surface area contributed by atoms with Crippen LogP contribution >= 0.6 is 11.8 Å². The molecule has 1 aromatic carbocycles. The van der Waals surface area contributed by atoms with Crippen molar-refractivity contribution < 1.29 is 22.4 Å². The van der Waals surface area contributed by atoms with Crippen molar-refractivity contribution in [3.05, 3.63) is 47.4 Å². The minimum Gasteiger partial charge on any atom is -0.465 e. The summed E-state index contributed by atoms with van der Waals surface area (Å²) in [4.78, 5) is 25.2. The quantitative estimate of drug-likeness (QED) is 0.543. The summed E-state index contributed by atoms with van der Waals surface area (Å²) in [7, 11) is -0.700. The minimum absolute atomic E-state index is 0.159. The average Bonchev–Trinajstić information content (AvgIpc) is 3.46. The van der Waals surface area contributed by atoms with Gasteiger partial charge in [-0.05, 0) is 62.3 Å². The van der Waals surface area contributed by atoms with E-state index in [0.29, 0.717) is 11.3 Å². The van der Waals surface area contributed by atoms with Gasteiger partial charge in [-0.1, -0.05) is 6.07 Å². The molecule has 2 heterocycles. The summed E-state index contributed by atoms with van der Waals surface area (Å²) in [5, 5.41) is 6.76. The zero-order chi connectivity index (χ0) is 23.9. The van der Waals surface area contributed by atoms with Crippen LogP contribution in [0.25, 0.3) is 0 Å². The molecule has 4 unspecified atom stereocenters. The predicted octanol–water partition coefficient (Wildman–Crippen LogP) is 2.67. The van der Waals surface area contributed by atoms with Crippen molar-refractivity contribution in [2.75, 3.05) is 25.2 Å². The van der Waals surface area contributed by atoms with Gasteiger partial charge in [0.15, 0.2) is 0 Å². The van der Waals surface area contributed by atoms with Crippen molar-refractivity contribution in [3.8, 4) is 0 Å². The van der Waals surface area contributed by atoms with Crippen molar-refractivity contribution in [1.82, 2.24) is 9.62 Å². The van der Waals surface area contributed by atoms with Crippen molar-refractivity contribution >= 4 is 39.0 Å². The van der Waals surface area contributed by atoms with Crippen LogP contribution < -0.4 is 10.6 Å². The average molecular weight is 492 g/mol. The van der Waals surface area contributed by atoms with Gasteiger partial charge in [-0.2, -0.15) is 11.8 Å². The number of benzene rings is 1. The van der Waals surface area contributed by atoms with Gasteiger partial charge < -0.3 is 9.73 Å². The summed E-state index contributed by atoms with van der Waals surface area (Å²) in [6.07, 6.45) is 2.09. The minimum atomic E-state index is -3.65. The molecular weight excluding hydrogens is 462 g/mol. The van der Waals surface area contributed by atoms with E-state index in [2.05, 4.69) is 10.6 Å². The van der Waals surface area contributed by atoms with E-state index in [1.165, 1.54) is 20.2 Å². The second kappa shape index (κ2) is 9.25. The molecule has 1 aliphatic heterocycles. The summed E-state index contributed by atoms with van der Waals surface area (Å²) >= 11 is 1.84. The van der Waals surface area contributed by atoms with Gasteiger partial charge >= 0.3 is 0 Å². The highest BCUT2D eigenvalue weighted by Crippen LogP contribution is 2.38. The van der Waals surface area contributed by atoms with Crippen LogP contribution in [0.5, 0.6) is 0 Å². The third kappa shape index (κ3) is 4.49. The lowest BCUT2D eigenvalue weighted by atomic mass is 9.81. The lowest BCUT2D eigenvalue weighted by Gasteiger charge is -2.38. The molecule has 0 spiro atoms. The molecule has 1 aliphatic carbocycles. The number of nitrogens with one attached hydrogen (secondary N) is 2. The molecule has 1 saturated heterocycles. The number of hydrogen-bond acceptors (Lipinski definition) is 8.